The van der Waals surface area contributed by atoms with Crippen LogP contribution in [0.4, 0.5) is 0 Å². The zero-order valence-corrected chi connectivity index (χ0v) is 9.47. The van der Waals surface area contributed by atoms with Crippen molar-refractivity contribution in [1.82, 2.24) is 0 Å². The van der Waals surface area contributed by atoms with E-state index in [2.05, 4.69) is 31.9 Å². The summed E-state index contributed by atoms with van der Waals surface area (Å²) < 4.78 is 1.65. The molecule has 0 atom stereocenters. The lowest BCUT2D eigenvalue weighted by Gasteiger charge is -2.01. The number of rotatable bonds is 2. The van der Waals surface area contributed by atoms with Gasteiger partial charge in [-0.05, 0) is 21.5 Å². The molecule has 1 N–H and O–H groups in total. The van der Waals surface area contributed by atoms with Gasteiger partial charge in [-0.3, -0.25) is 0 Å². The van der Waals surface area contributed by atoms with Crippen molar-refractivity contribution in [3.05, 3.63) is 40.4 Å². The Kier molecular flexibility index (Phi) is 3.98. The molecule has 0 bridgehead atoms. The summed E-state index contributed by atoms with van der Waals surface area (Å²) in [5.74, 6) is 0. The molecule has 12 heavy (non-hydrogen) atoms. The van der Waals surface area contributed by atoms with Crippen molar-refractivity contribution in [1.29, 1.82) is 0 Å². The Labute approximate surface area is 88.4 Å². The first kappa shape index (κ1) is 9.96. The Morgan fingerprint density at radius 3 is 2.25 bits per heavy atom. The van der Waals surface area contributed by atoms with Crippen molar-refractivity contribution in [3.8, 4) is 0 Å². The maximum Gasteiger partial charge on any atom is 0.0758 e. The quantitative estimate of drug-likeness (QED) is 0.888. The number of hydrogen-bond donors (Lipinski definition) is 1. The molecule has 0 amide bonds. The van der Waals surface area contributed by atoms with E-state index in [9.17, 15) is 0 Å². The first-order valence-electron chi connectivity index (χ1n) is 3.46. The van der Waals surface area contributed by atoms with Gasteiger partial charge in [-0.1, -0.05) is 46.3 Å². The monoisotopic (exact) mass is 290 g/mol. The molecular formula is C9H8Br2O. The predicted molar refractivity (Wildman–Crippen MR) is 58.3 cm³/mol. The van der Waals surface area contributed by atoms with Gasteiger partial charge in [-0.15, -0.1) is 0 Å². The number of halogens is 2. The summed E-state index contributed by atoms with van der Waals surface area (Å²) in [5.41, 5.74) is 1.05. The molecule has 0 saturated carbocycles. The predicted octanol–water partition coefficient (Wildman–Crippen LogP) is 3.14. The summed E-state index contributed by atoms with van der Waals surface area (Å²) in [6.07, 6.45) is 0. The molecule has 0 aliphatic carbocycles. The van der Waals surface area contributed by atoms with Gasteiger partial charge in [-0.2, -0.15) is 0 Å². The molecular weight excluding hydrogens is 284 g/mol. The van der Waals surface area contributed by atoms with Gasteiger partial charge in [0.2, 0.25) is 0 Å². The average Bonchev–Trinajstić information content (AvgIpc) is 2.17. The molecule has 0 fully saturated rings. The molecule has 1 rings (SSSR count). The second-order valence-electron chi connectivity index (χ2n) is 2.24. The van der Waals surface area contributed by atoms with Crippen LogP contribution in [-0.4, -0.2) is 11.7 Å². The van der Waals surface area contributed by atoms with Gasteiger partial charge in [0.15, 0.2) is 0 Å². The summed E-state index contributed by atoms with van der Waals surface area (Å²) in [6, 6.07) is 9.81. The van der Waals surface area contributed by atoms with Crippen LogP contribution in [0.25, 0.3) is 4.48 Å². The van der Waals surface area contributed by atoms with Crippen molar-refractivity contribution in [3.63, 3.8) is 0 Å². The zero-order chi connectivity index (χ0) is 8.97. The maximum atomic E-state index is 8.83. The first-order valence-corrected chi connectivity index (χ1v) is 5.04. The van der Waals surface area contributed by atoms with E-state index in [1.807, 2.05) is 30.3 Å². The van der Waals surface area contributed by atoms with Gasteiger partial charge >= 0.3 is 0 Å². The lowest BCUT2D eigenvalue weighted by atomic mass is 10.2. The fraction of sp³-hybridized carbons (Fsp3) is 0.111. The third-order valence-electron chi connectivity index (χ3n) is 1.40. The maximum absolute atomic E-state index is 8.83. The highest BCUT2D eigenvalue weighted by atomic mass is 79.9. The van der Waals surface area contributed by atoms with Crippen molar-refractivity contribution >= 4 is 36.3 Å². The lowest BCUT2D eigenvalue weighted by molar-refractivity contribution is 0.341. The minimum absolute atomic E-state index is 0.00940. The average molecular weight is 292 g/mol. The number of benzene rings is 1. The fourth-order valence-corrected chi connectivity index (χ4v) is 1.43. The van der Waals surface area contributed by atoms with Crippen LogP contribution >= 0.6 is 31.9 Å². The smallest absolute Gasteiger partial charge is 0.0758 e. The molecule has 0 heterocycles. The Hall–Kier alpha value is -0.120. The van der Waals surface area contributed by atoms with Crippen LogP contribution in [-0.2, 0) is 0 Å². The summed E-state index contributed by atoms with van der Waals surface area (Å²) in [7, 11) is 0. The first-order chi connectivity index (χ1) is 5.75. The highest BCUT2D eigenvalue weighted by Gasteiger charge is 2.01. The highest BCUT2D eigenvalue weighted by molar-refractivity contribution is 9.16. The van der Waals surface area contributed by atoms with Crippen molar-refractivity contribution < 1.29 is 5.11 Å². The van der Waals surface area contributed by atoms with E-state index in [0.29, 0.717) is 0 Å². The molecule has 0 aliphatic heterocycles. The molecule has 1 aromatic carbocycles. The molecule has 3 heteroatoms. The van der Waals surface area contributed by atoms with E-state index in [4.69, 9.17) is 5.11 Å². The molecule has 0 aliphatic rings. The fourth-order valence-electron chi connectivity index (χ4n) is 0.811. The Morgan fingerprint density at radius 2 is 1.75 bits per heavy atom. The van der Waals surface area contributed by atoms with Crippen LogP contribution in [0, 0.1) is 0 Å². The van der Waals surface area contributed by atoms with Crippen molar-refractivity contribution in [2.24, 2.45) is 0 Å². The third kappa shape index (κ3) is 2.44. The molecule has 0 aromatic heterocycles. The van der Waals surface area contributed by atoms with Gasteiger partial charge < -0.3 is 5.11 Å². The largest absolute Gasteiger partial charge is 0.391 e. The number of aliphatic hydroxyl groups is 1. The van der Waals surface area contributed by atoms with Gasteiger partial charge in [-0.25, -0.2) is 0 Å². The summed E-state index contributed by atoms with van der Waals surface area (Å²) >= 11 is 6.65. The number of hydrogen-bond acceptors (Lipinski definition) is 1. The summed E-state index contributed by atoms with van der Waals surface area (Å²) in [4.78, 5) is 0. The Morgan fingerprint density at radius 1 is 1.17 bits per heavy atom. The standard InChI is InChI=1S/C9H8Br2O/c10-8(6-12)9(11)7-4-2-1-3-5-7/h1-5,12H,6H2/b9-8-. The van der Waals surface area contributed by atoms with E-state index >= 15 is 0 Å². The minimum Gasteiger partial charge on any atom is -0.391 e. The van der Waals surface area contributed by atoms with Crippen molar-refractivity contribution in [2.75, 3.05) is 6.61 Å². The second kappa shape index (κ2) is 4.80. The van der Waals surface area contributed by atoms with Gasteiger partial charge in [0.25, 0.3) is 0 Å². The molecule has 0 unspecified atom stereocenters. The van der Waals surface area contributed by atoms with Crippen molar-refractivity contribution in [2.45, 2.75) is 0 Å². The van der Waals surface area contributed by atoms with E-state index in [1.165, 1.54) is 0 Å². The van der Waals surface area contributed by atoms with E-state index in [1.54, 1.807) is 0 Å². The second-order valence-corrected chi connectivity index (χ2v) is 3.99. The van der Waals surface area contributed by atoms with E-state index < -0.39 is 0 Å². The molecule has 1 nitrogen and oxygen atoms in total. The molecule has 0 radical (unpaired) electrons. The molecule has 1 aromatic rings. The van der Waals surface area contributed by atoms with Crippen LogP contribution in [0.1, 0.15) is 5.56 Å². The zero-order valence-electron chi connectivity index (χ0n) is 6.30. The van der Waals surface area contributed by atoms with Crippen LogP contribution in [0.15, 0.2) is 34.8 Å². The summed E-state index contributed by atoms with van der Waals surface area (Å²) in [5, 5.41) is 8.83. The minimum atomic E-state index is 0.00940. The Bertz CT molecular complexity index is 280. The van der Waals surface area contributed by atoms with E-state index in [0.717, 1.165) is 14.5 Å². The van der Waals surface area contributed by atoms with Crippen LogP contribution < -0.4 is 0 Å². The van der Waals surface area contributed by atoms with Gasteiger partial charge in [0.05, 0.1) is 6.61 Å². The summed E-state index contributed by atoms with van der Waals surface area (Å²) in [6.45, 7) is 0.00940. The van der Waals surface area contributed by atoms with Gasteiger partial charge in [0, 0.05) is 8.96 Å². The SMILES string of the molecule is OC/C(Br)=C(/Br)c1ccccc1. The van der Waals surface area contributed by atoms with Crippen LogP contribution in [0.2, 0.25) is 0 Å². The molecule has 0 saturated heterocycles. The Balaban J connectivity index is 3.00. The molecule has 64 valence electrons. The van der Waals surface area contributed by atoms with E-state index in [-0.39, 0.29) is 6.61 Å². The topological polar surface area (TPSA) is 20.2 Å². The normalized spacial score (nSPS) is 12.6. The third-order valence-corrected chi connectivity index (χ3v) is 3.52. The van der Waals surface area contributed by atoms with Crippen LogP contribution in [0.5, 0.6) is 0 Å². The number of aliphatic hydroxyl groups excluding tert-OH is 1. The molecule has 0 spiro atoms. The highest BCUT2D eigenvalue weighted by Crippen LogP contribution is 2.27. The lowest BCUT2D eigenvalue weighted by Crippen LogP contribution is -1.84. The van der Waals surface area contributed by atoms with Gasteiger partial charge in [0.1, 0.15) is 0 Å². The van der Waals surface area contributed by atoms with Crippen LogP contribution in [0.3, 0.4) is 0 Å².